The largest absolute Gasteiger partial charge is 0.269 e. The molecule has 0 bridgehead atoms. The van der Waals surface area contributed by atoms with Gasteiger partial charge in [0.05, 0.1) is 0 Å². The molecule has 2 aromatic rings. The maximum Gasteiger partial charge on any atom is 0.269 e. The Morgan fingerprint density at radius 1 is 1.04 bits per heavy atom. The van der Waals surface area contributed by atoms with Crippen LogP contribution in [0.1, 0.15) is 33.2 Å². The van der Waals surface area contributed by atoms with E-state index in [4.69, 9.17) is 0 Å². The van der Waals surface area contributed by atoms with Crippen LogP contribution in [0.5, 0.6) is 0 Å². The third-order valence-electron chi connectivity index (χ3n) is 3.81. The molecular weight excluding hydrogens is 385 g/mol. The van der Waals surface area contributed by atoms with Crippen LogP contribution in [-0.4, -0.2) is 26.8 Å². The molecule has 0 unspecified atom stereocenters. The first-order valence-corrected chi connectivity index (χ1v) is 9.86. The van der Waals surface area contributed by atoms with Crippen molar-refractivity contribution in [3.05, 3.63) is 77.6 Å². The van der Waals surface area contributed by atoms with E-state index < -0.39 is 32.6 Å². The molecule has 0 aliphatic carbocycles. The number of hydrogen-bond donors (Lipinski definition) is 3. The number of amides is 2. The van der Waals surface area contributed by atoms with Gasteiger partial charge in [-0.3, -0.25) is 20.4 Å². The van der Waals surface area contributed by atoms with Crippen molar-refractivity contribution in [1.29, 1.82) is 0 Å². The molecule has 0 fully saturated rings. The fourth-order valence-corrected chi connectivity index (χ4v) is 3.35. The number of hydrogen-bond acceptors (Lipinski definition) is 4. The van der Waals surface area contributed by atoms with Crippen molar-refractivity contribution >= 4 is 21.8 Å². The van der Waals surface area contributed by atoms with Gasteiger partial charge in [0.15, 0.2) is 0 Å². The highest BCUT2D eigenvalue weighted by Gasteiger charge is 2.20. The molecule has 148 valence electrons. The lowest BCUT2D eigenvalue weighted by atomic mass is 10.1. The Kier molecular flexibility index (Phi) is 7.02. The van der Waals surface area contributed by atoms with Crippen LogP contribution < -0.4 is 15.6 Å². The summed E-state index contributed by atoms with van der Waals surface area (Å²) >= 11 is 0. The van der Waals surface area contributed by atoms with Gasteiger partial charge in [0, 0.05) is 17.7 Å². The van der Waals surface area contributed by atoms with E-state index in [2.05, 4.69) is 22.2 Å². The molecule has 0 saturated heterocycles. The van der Waals surface area contributed by atoms with Crippen LogP contribution in [0.15, 0.2) is 60.0 Å². The van der Waals surface area contributed by atoms with Crippen LogP contribution in [0.4, 0.5) is 4.39 Å². The lowest BCUT2D eigenvalue weighted by molar-refractivity contribution is 0.0846. The molecule has 3 N–H and O–H groups in total. The Morgan fingerprint density at radius 2 is 1.61 bits per heavy atom. The monoisotopic (exact) mass is 405 g/mol. The van der Waals surface area contributed by atoms with Crippen molar-refractivity contribution in [3.8, 4) is 0 Å². The van der Waals surface area contributed by atoms with Crippen molar-refractivity contribution in [2.45, 2.75) is 18.2 Å². The molecule has 0 spiro atoms. The molecule has 0 radical (unpaired) electrons. The van der Waals surface area contributed by atoms with Crippen LogP contribution in [0.2, 0.25) is 0 Å². The summed E-state index contributed by atoms with van der Waals surface area (Å²) < 4.78 is 40.2. The second-order valence-electron chi connectivity index (χ2n) is 5.74. The molecular formula is C19H20FN3O4S. The smallest absolute Gasteiger partial charge is 0.267 e. The molecule has 0 aliphatic heterocycles. The van der Waals surface area contributed by atoms with Gasteiger partial charge in [0.25, 0.3) is 11.8 Å². The molecule has 2 amide bonds. The van der Waals surface area contributed by atoms with Gasteiger partial charge >= 0.3 is 0 Å². The number of rotatable bonds is 7. The van der Waals surface area contributed by atoms with Crippen LogP contribution in [0.25, 0.3) is 0 Å². The fraction of sp³-hybridized carbons (Fsp3) is 0.158. The standard InChI is InChI=1S/C19H20FN3O4S/c1-3-11-21-28(26,27)17-12-15(9-10-16(17)20)19(25)23-22-18(24)14-7-5-13(4-2)6-8-14/h3,5-10,12,21H,1,4,11H2,2H3,(H,22,24)(H,23,25). The second kappa shape index (κ2) is 9.25. The average molecular weight is 405 g/mol. The van der Waals surface area contributed by atoms with Crippen LogP contribution in [-0.2, 0) is 16.4 Å². The lowest BCUT2D eigenvalue weighted by Crippen LogP contribution is -2.41. The van der Waals surface area contributed by atoms with E-state index in [-0.39, 0.29) is 12.1 Å². The first-order chi connectivity index (χ1) is 13.3. The van der Waals surface area contributed by atoms with E-state index >= 15 is 0 Å². The van der Waals surface area contributed by atoms with E-state index in [1.807, 2.05) is 6.92 Å². The highest BCUT2D eigenvalue weighted by Crippen LogP contribution is 2.16. The Bertz CT molecular complexity index is 989. The van der Waals surface area contributed by atoms with E-state index in [1.54, 1.807) is 24.3 Å². The van der Waals surface area contributed by atoms with Gasteiger partial charge in [-0.25, -0.2) is 17.5 Å². The summed E-state index contributed by atoms with van der Waals surface area (Å²) in [6, 6.07) is 9.69. The van der Waals surface area contributed by atoms with Crippen molar-refractivity contribution in [3.63, 3.8) is 0 Å². The molecule has 0 saturated carbocycles. The minimum absolute atomic E-state index is 0.0922. The Hall–Kier alpha value is -3.04. The Morgan fingerprint density at radius 3 is 2.18 bits per heavy atom. The van der Waals surface area contributed by atoms with Crippen molar-refractivity contribution < 1.29 is 22.4 Å². The predicted octanol–water partition coefficient (Wildman–Crippen LogP) is 1.93. The normalized spacial score (nSPS) is 10.9. The summed E-state index contributed by atoms with van der Waals surface area (Å²) in [4.78, 5) is 23.6. The van der Waals surface area contributed by atoms with Crippen LogP contribution in [0, 0.1) is 5.82 Å². The number of benzene rings is 2. The zero-order valence-corrected chi connectivity index (χ0v) is 16.0. The Labute approximate surface area is 162 Å². The first kappa shape index (κ1) is 21.3. The number of aryl methyl sites for hydroxylation is 1. The van der Waals surface area contributed by atoms with E-state index in [9.17, 15) is 22.4 Å². The SMILES string of the molecule is C=CCNS(=O)(=O)c1cc(C(=O)NNC(=O)c2ccc(CC)cc2)ccc1F. The topological polar surface area (TPSA) is 104 Å². The second-order valence-corrected chi connectivity index (χ2v) is 7.48. The van der Waals surface area contributed by atoms with Crippen LogP contribution >= 0.6 is 0 Å². The molecule has 28 heavy (non-hydrogen) atoms. The molecule has 0 aromatic heterocycles. The molecule has 0 atom stereocenters. The van der Waals surface area contributed by atoms with Gasteiger partial charge < -0.3 is 0 Å². The number of halogens is 1. The van der Waals surface area contributed by atoms with Crippen molar-refractivity contribution in [2.24, 2.45) is 0 Å². The molecule has 2 aromatic carbocycles. The minimum atomic E-state index is -4.15. The van der Waals surface area contributed by atoms with Gasteiger partial charge in [-0.15, -0.1) is 6.58 Å². The van der Waals surface area contributed by atoms with E-state index in [1.165, 1.54) is 6.08 Å². The number of carbonyl (C=O) groups excluding carboxylic acids is 2. The van der Waals surface area contributed by atoms with Gasteiger partial charge in [-0.2, -0.15) is 0 Å². The quantitative estimate of drug-likeness (QED) is 0.484. The highest BCUT2D eigenvalue weighted by atomic mass is 32.2. The summed E-state index contributed by atoms with van der Waals surface area (Å²) in [5.41, 5.74) is 5.67. The van der Waals surface area contributed by atoms with Gasteiger partial charge in [-0.05, 0) is 42.3 Å². The van der Waals surface area contributed by atoms with Crippen LogP contribution in [0.3, 0.4) is 0 Å². The van der Waals surface area contributed by atoms with Gasteiger partial charge in [0.1, 0.15) is 10.7 Å². The zero-order valence-electron chi connectivity index (χ0n) is 15.2. The maximum absolute atomic E-state index is 13.9. The lowest BCUT2D eigenvalue weighted by Gasteiger charge is -2.10. The van der Waals surface area contributed by atoms with Crippen molar-refractivity contribution in [2.75, 3.05) is 6.54 Å². The fourth-order valence-electron chi connectivity index (χ4n) is 2.25. The minimum Gasteiger partial charge on any atom is -0.267 e. The molecule has 0 heterocycles. The molecule has 0 aliphatic rings. The van der Waals surface area contributed by atoms with E-state index in [0.29, 0.717) is 5.56 Å². The molecule has 9 heteroatoms. The average Bonchev–Trinajstić information content (AvgIpc) is 2.70. The first-order valence-electron chi connectivity index (χ1n) is 8.38. The molecule has 2 rings (SSSR count). The van der Waals surface area contributed by atoms with Gasteiger partial charge in [-0.1, -0.05) is 25.1 Å². The maximum atomic E-state index is 13.9. The summed E-state index contributed by atoms with van der Waals surface area (Å²) in [6.07, 6.45) is 2.13. The summed E-state index contributed by atoms with van der Waals surface area (Å²) in [5, 5.41) is 0. The summed E-state index contributed by atoms with van der Waals surface area (Å²) in [7, 11) is -4.15. The summed E-state index contributed by atoms with van der Waals surface area (Å²) in [6.45, 7) is 5.27. The number of nitrogens with one attached hydrogen (secondary N) is 3. The number of hydrazine groups is 1. The number of sulfonamides is 1. The third kappa shape index (κ3) is 5.24. The van der Waals surface area contributed by atoms with Crippen molar-refractivity contribution in [1.82, 2.24) is 15.6 Å². The summed E-state index contributed by atoms with van der Waals surface area (Å²) in [5.74, 6) is -2.34. The molecule has 7 nitrogen and oxygen atoms in total. The number of carbonyl (C=O) groups is 2. The third-order valence-corrected chi connectivity index (χ3v) is 5.25. The Balaban J connectivity index is 2.10. The predicted molar refractivity (Wildman–Crippen MR) is 103 cm³/mol. The highest BCUT2D eigenvalue weighted by molar-refractivity contribution is 7.89. The zero-order chi connectivity index (χ0) is 20.7. The van der Waals surface area contributed by atoms with E-state index in [0.717, 1.165) is 30.2 Å². The van der Waals surface area contributed by atoms with Gasteiger partial charge in [0.2, 0.25) is 10.0 Å².